The molecule has 1 aliphatic heterocycles. The van der Waals surface area contributed by atoms with Gasteiger partial charge >= 0.3 is 11.2 Å². The number of hydrogen-bond acceptors (Lipinski definition) is 9. The molecule has 1 aliphatic rings. The van der Waals surface area contributed by atoms with E-state index in [-0.39, 0.29) is 24.8 Å². The van der Waals surface area contributed by atoms with Crippen LogP contribution in [-0.2, 0) is 11.3 Å². The van der Waals surface area contributed by atoms with Gasteiger partial charge in [0.25, 0.3) is 6.20 Å². The molecule has 1 aromatic carbocycles. The largest absolute Gasteiger partial charge is 0.862 e. The molecule has 2 heterocycles. The Morgan fingerprint density at radius 3 is 2.82 bits per heavy atom. The second-order valence-electron chi connectivity index (χ2n) is 6.35. The Labute approximate surface area is 167 Å². The second kappa shape index (κ2) is 10.1. The fourth-order valence-corrected chi connectivity index (χ4v) is 3.16. The zero-order chi connectivity index (χ0) is 19.8. The number of carbonyl (C=O) groups is 1. The molecule has 2 aromatic rings. The Kier molecular flexibility index (Phi) is 7.26. The number of piperazine rings is 1. The number of likely N-dealkylation sites (N-methyl/N-ethyl adjacent to an activating group) is 1. The van der Waals surface area contributed by atoms with E-state index in [2.05, 4.69) is 22.2 Å². The standard InChI is InChI=1S/C18H23N5O4S/c1-21-8-10-22(11-9-21)23-13-17(27-20-23)19-16(24)7-12-28-18(25)26-14-15-5-3-2-4-6-15/h2-6,13H,7-12,14H2,1H3. The van der Waals surface area contributed by atoms with Crippen LogP contribution in [0.25, 0.3) is 0 Å². The summed E-state index contributed by atoms with van der Waals surface area (Å²) in [4.78, 5) is 19.4. The molecule has 150 valence electrons. The predicted octanol–water partition coefficient (Wildman–Crippen LogP) is 0.696. The summed E-state index contributed by atoms with van der Waals surface area (Å²) < 4.78 is 10.2. The molecule has 0 bridgehead atoms. The number of rotatable bonds is 7. The van der Waals surface area contributed by atoms with Gasteiger partial charge in [0.05, 0.1) is 17.9 Å². The number of aromatic nitrogens is 2. The van der Waals surface area contributed by atoms with E-state index in [9.17, 15) is 9.90 Å². The van der Waals surface area contributed by atoms with Gasteiger partial charge in [0.15, 0.2) is 0 Å². The van der Waals surface area contributed by atoms with Crippen molar-refractivity contribution in [2.24, 2.45) is 4.99 Å². The first kappa shape index (κ1) is 20.2. The van der Waals surface area contributed by atoms with Crippen LogP contribution < -0.4 is 14.9 Å². The number of benzene rings is 1. The molecular weight excluding hydrogens is 382 g/mol. The molecule has 9 nitrogen and oxygen atoms in total. The summed E-state index contributed by atoms with van der Waals surface area (Å²) in [5, 5.41) is 17.5. The molecule has 0 saturated carbocycles. The van der Waals surface area contributed by atoms with Gasteiger partial charge in [-0.05, 0) is 36.7 Å². The van der Waals surface area contributed by atoms with E-state index in [0.717, 1.165) is 43.5 Å². The average molecular weight is 405 g/mol. The molecule has 0 N–H and O–H groups in total. The van der Waals surface area contributed by atoms with Gasteiger partial charge in [-0.2, -0.15) is 5.01 Å². The lowest BCUT2D eigenvalue weighted by atomic mass is 10.2. The number of thioether (sulfide) groups is 1. The minimum absolute atomic E-state index is 0.111. The Bertz CT molecular complexity index is 790. The maximum atomic E-state index is 12.0. The molecule has 0 amide bonds. The van der Waals surface area contributed by atoms with Crippen molar-refractivity contribution in [3.05, 3.63) is 42.1 Å². The van der Waals surface area contributed by atoms with Crippen LogP contribution in [0.2, 0.25) is 0 Å². The van der Waals surface area contributed by atoms with Crippen molar-refractivity contribution < 1.29 is 24.0 Å². The molecule has 1 saturated heterocycles. The first-order valence-corrected chi connectivity index (χ1v) is 9.99. The van der Waals surface area contributed by atoms with E-state index in [1.54, 1.807) is 11.0 Å². The van der Waals surface area contributed by atoms with E-state index in [0.29, 0.717) is 5.75 Å². The minimum atomic E-state index is -0.413. The minimum Gasteiger partial charge on any atom is -0.862 e. The van der Waals surface area contributed by atoms with Crippen LogP contribution in [0.5, 0.6) is 0 Å². The molecule has 0 unspecified atom stereocenters. The number of ether oxygens (including phenoxy) is 1. The summed E-state index contributed by atoms with van der Waals surface area (Å²) in [5.41, 5.74) is 0.918. The zero-order valence-electron chi connectivity index (χ0n) is 15.7. The molecule has 0 spiro atoms. The van der Waals surface area contributed by atoms with Crippen LogP contribution in [0.4, 0.5) is 10.7 Å². The summed E-state index contributed by atoms with van der Waals surface area (Å²) in [6.07, 6.45) is 1.70. The summed E-state index contributed by atoms with van der Waals surface area (Å²) in [6, 6.07) is 9.43. The van der Waals surface area contributed by atoms with E-state index in [4.69, 9.17) is 9.26 Å². The summed E-state index contributed by atoms with van der Waals surface area (Å²) in [7, 11) is 2.07. The first-order valence-electron chi connectivity index (χ1n) is 9.00. The van der Waals surface area contributed by atoms with Crippen molar-refractivity contribution in [3.8, 4) is 0 Å². The summed E-state index contributed by atoms with van der Waals surface area (Å²) in [5.74, 6) is 0.0772. The van der Waals surface area contributed by atoms with Crippen LogP contribution in [0.1, 0.15) is 12.0 Å². The average Bonchev–Trinajstić information content (AvgIpc) is 3.16. The Hall–Kier alpha value is -2.59. The Morgan fingerprint density at radius 1 is 1.32 bits per heavy atom. The molecule has 1 fully saturated rings. The summed E-state index contributed by atoms with van der Waals surface area (Å²) >= 11 is 0.956. The second-order valence-corrected chi connectivity index (χ2v) is 7.38. The molecule has 0 radical (unpaired) electrons. The van der Waals surface area contributed by atoms with Gasteiger partial charge in [0, 0.05) is 18.8 Å². The highest BCUT2D eigenvalue weighted by atomic mass is 32.2. The van der Waals surface area contributed by atoms with Crippen LogP contribution in [0, 0.1) is 0 Å². The number of hydrogen-bond donors (Lipinski definition) is 0. The van der Waals surface area contributed by atoms with Crippen LogP contribution in [0.15, 0.2) is 46.0 Å². The van der Waals surface area contributed by atoms with Gasteiger partial charge in [-0.25, -0.2) is 9.79 Å². The number of carbonyl (C=O) groups excluding carboxylic acids is 1. The Balaban J connectivity index is 1.39. The number of nitrogens with zero attached hydrogens (tertiary/aromatic N) is 5. The quantitative estimate of drug-likeness (QED) is 0.287. The van der Waals surface area contributed by atoms with Crippen molar-refractivity contribution in [1.82, 2.24) is 10.2 Å². The fraction of sp³-hybridized carbons (Fsp3) is 0.444. The zero-order valence-corrected chi connectivity index (χ0v) is 16.5. The third-order valence-corrected chi connectivity index (χ3v) is 4.95. The van der Waals surface area contributed by atoms with Crippen molar-refractivity contribution in [1.29, 1.82) is 0 Å². The third-order valence-electron chi connectivity index (χ3n) is 4.18. The summed E-state index contributed by atoms with van der Waals surface area (Å²) in [6.45, 7) is 3.73. The normalized spacial score (nSPS) is 15.6. The van der Waals surface area contributed by atoms with E-state index >= 15 is 0 Å². The molecule has 0 aliphatic carbocycles. The van der Waals surface area contributed by atoms with Gasteiger partial charge in [0.1, 0.15) is 6.61 Å². The smallest absolute Gasteiger partial charge is 0.367 e. The maximum absolute atomic E-state index is 12.0. The highest BCUT2D eigenvalue weighted by molar-refractivity contribution is 8.13. The van der Waals surface area contributed by atoms with Crippen LogP contribution >= 0.6 is 11.8 Å². The maximum Gasteiger partial charge on any atom is 0.367 e. The van der Waals surface area contributed by atoms with Crippen molar-refractivity contribution >= 4 is 28.8 Å². The van der Waals surface area contributed by atoms with E-state index in [1.807, 2.05) is 35.3 Å². The molecule has 0 atom stereocenters. The van der Waals surface area contributed by atoms with Gasteiger partial charge in [-0.15, -0.1) is 0 Å². The SMILES string of the molecule is CN1CCN([n+]2cc(N=C([O-])CCSC(=O)OCc3ccccc3)on2)CC1. The van der Waals surface area contributed by atoms with E-state index < -0.39 is 5.30 Å². The van der Waals surface area contributed by atoms with Gasteiger partial charge in [-0.3, -0.25) is 4.52 Å². The lowest BCUT2D eigenvalue weighted by Gasteiger charge is -2.26. The van der Waals surface area contributed by atoms with Crippen LogP contribution in [-0.4, -0.2) is 60.3 Å². The van der Waals surface area contributed by atoms with Crippen LogP contribution in [0.3, 0.4) is 0 Å². The van der Waals surface area contributed by atoms with Crippen molar-refractivity contribution in [2.45, 2.75) is 13.0 Å². The first-order chi connectivity index (χ1) is 13.6. The number of aliphatic imine (C=N–C) groups is 1. The molecule has 3 rings (SSSR count). The monoisotopic (exact) mass is 405 g/mol. The lowest BCUT2D eigenvalue weighted by molar-refractivity contribution is -0.759. The molecular formula is C18H23N5O4S. The van der Waals surface area contributed by atoms with Gasteiger partial charge < -0.3 is 14.7 Å². The van der Waals surface area contributed by atoms with Gasteiger partial charge in [0.2, 0.25) is 5.27 Å². The van der Waals surface area contributed by atoms with Crippen molar-refractivity contribution in [2.75, 3.05) is 44.0 Å². The lowest BCUT2D eigenvalue weighted by Crippen LogP contribution is -2.64. The third kappa shape index (κ3) is 6.24. The Morgan fingerprint density at radius 2 is 2.07 bits per heavy atom. The van der Waals surface area contributed by atoms with Gasteiger partial charge in [-0.1, -0.05) is 30.3 Å². The predicted molar refractivity (Wildman–Crippen MR) is 103 cm³/mol. The highest BCUT2D eigenvalue weighted by Gasteiger charge is 2.24. The fourth-order valence-electron chi connectivity index (χ4n) is 2.57. The van der Waals surface area contributed by atoms with E-state index in [1.165, 1.54) is 0 Å². The highest BCUT2D eigenvalue weighted by Crippen LogP contribution is 2.12. The topological polar surface area (TPSA) is 98.1 Å². The molecule has 28 heavy (non-hydrogen) atoms. The molecule has 10 heteroatoms. The molecule has 1 aromatic heterocycles. The van der Waals surface area contributed by atoms with Crippen molar-refractivity contribution in [3.63, 3.8) is 0 Å².